The van der Waals surface area contributed by atoms with Gasteiger partial charge in [-0.05, 0) is 26.5 Å². The van der Waals surface area contributed by atoms with Crippen LogP contribution in [0, 0.1) is 0 Å². The van der Waals surface area contributed by atoms with Crippen LogP contribution in [0.3, 0.4) is 0 Å². The van der Waals surface area contributed by atoms with Crippen molar-refractivity contribution < 1.29 is 9.15 Å². The van der Waals surface area contributed by atoms with Gasteiger partial charge in [0.05, 0.1) is 12.4 Å². The van der Waals surface area contributed by atoms with E-state index >= 15 is 0 Å². The van der Waals surface area contributed by atoms with Crippen LogP contribution in [-0.4, -0.2) is 13.2 Å². The first-order valence-corrected chi connectivity index (χ1v) is 5.58. The molecule has 0 bridgehead atoms. The average Bonchev–Trinajstić information content (AvgIpc) is 2.64. The van der Waals surface area contributed by atoms with E-state index in [1.165, 1.54) is 5.56 Å². The molecule has 0 aromatic carbocycles. The predicted molar refractivity (Wildman–Crippen MR) is 60.6 cm³/mol. The van der Waals surface area contributed by atoms with E-state index < -0.39 is 0 Å². The molecule has 0 saturated heterocycles. The first-order valence-electron chi connectivity index (χ1n) is 5.58. The van der Waals surface area contributed by atoms with E-state index in [-0.39, 0.29) is 0 Å². The number of hydrogen-bond donors (Lipinski definition) is 1. The van der Waals surface area contributed by atoms with E-state index in [1.807, 2.05) is 13.1 Å². The molecule has 1 rings (SSSR count). The van der Waals surface area contributed by atoms with Crippen LogP contribution in [0.15, 0.2) is 16.7 Å². The minimum absolute atomic E-state index is 0.313. The van der Waals surface area contributed by atoms with Crippen LogP contribution in [0.5, 0.6) is 0 Å². The molecule has 86 valence electrons. The van der Waals surface area contributed by atoms with Crippen molar-refractivity contribution in [1.29, 1.82) is 0 Å². The van der Waals surface area contributed by atoms with Gasteiger partial charge in [-0.25, -0.2) is 0 Å². The Morgan fingerprint density at radius 1 is 1.53 bits per heavy atom. The molecule has 0 aliphatic carbocycles. The van der Waals surface area contributed by atoms with Crippen molar-refractivity contribution >= 4 is 0 Å². The number of rotatable bonds is 7. The lowest BCUT2D eigenvalue weighted by Gasteiger charge is -2.09. The van der Waals surface area contributed by atoms with Crippen molar-refractivity contribution in [2.75, 3.05) is 7.05 Å². The van der Waals surface area contributed by atoms with Crippen molar-refractivity contribution in [2.45, 2.75) is 45.9 Å². The molecule has 1 N–H and O–H groups in total. The third-order valence-electron chi connectivity index (χ3n) is 2.29. The SMILES string of the molecule is CCCC(C)OCc1cc(CNC)co1. The molecule has 3 heteroatoms. The Hall–Kier alpha value is -0.800. The monoisotopic (exact) mass is 211 g/mol. The maximum Gasteiger partial charge on any atom is 0.129 e. The van der Waals surface area contributed by atoms with Crippen molar-refractivity contribution in [3.8, 4) is 0 Å². The van der Waals surface area contributed by atoms with Crippen molar-refractivity contribution in [3.05, 3.63) is 23.7 Å². The van der Waals surface area contributed by atoms with E-state index in [4.69, 9.17) is 9.15 Å². The molecule has 3 nitrogen and oxygen atoms in total. The molecule has 0 spiro atoms. The summed E-state index contributed by atoms with van der Waals surface area (Å²) in [5.74, 6) is 0.906. The van der Waals surface area contributed by atoms with Crippen molar-refractivity contribution in [1.82, 2.24) is 5.32 Å². The molecule has 15 heavy (non-hydrogen) atoms. The van der Waals surface area contributed by atoms with E-state index in [9.17, 15) is 0 Å². The first-order chi connectivity index (χ1) is 7.26. The Morgan fingerprint density at radius 3 is 3.00 bits per heavy atom. The minimum atomic E-state index is 0.313. The van der Waals surface area contributed by atoms with E-state index in [0.29, 0.717) is 12.7 Å². The Morgan fingerprint density at radius 2 is 2.33 bits per heavy atom. The van der Waals surface area contributed by atoms with Gasteiger partial charge in [-0.3, -0.25) is 0 Å². The molecule has 0 saturated carbocycles. The molecule has 1 unspecified atom stereocenters. The van der Waals surface area contributed by atoms with Gasteiger partial charge in [-0.1, -0.05) is 13.3 Å². The topological polar surface area (TPSA) is 34.4 Å². The van der Waals surface area contributed by atoms with Gasteiger partial charge in [0.2, 0.25) is 0 Å². The van der Waals surface area contributed by atoms with Gasteiger partial charge in [-0.15, -0.1) is 0 Å². The fourth-order valence-corrected chi connectivity index (χ4v) is 1.51. The zero-order valence-corrected chi connectivity index (χ0v) is 9.88. The molecule has 0 aliphatic rings. The second-order valence-electron chi connectivity index (χ2n) is 3.86. The highest BCUT2D eigenvalue weighted by molar-refractivity contribution is 5.11. The normalized spacial score (nSPS) is 13.0. The van der Waals surface area contributed by atoms with Crippen LogP contribution in [0.2, 0.25) is 0 Å². The summed E-state index contributed by atoms with van der Waals surface area (Å²) in [7, 11) is 1.92. The summed E-state index contributed by atoms with van der Waals surface area (Å²) in [5.41, 5.74) is 1.17. The lowest BCUT2D eigenvalue weighted by atomic mass is 10.2. The Balaban J connectivity index is 2.30. The van der Waals surface area contributed by atoms with Crippen LogP contribution in [0.1, 0.15) is 38.0 Å². The van der Waals surface area contributed by atoms with Gasteiger partial charge in [0.25, 0.3) is 0 Å². The minimum Gasteiger partial charge on any atom is -0.467 e. The fourth-order valence-electron chi connectivity index (χ4n) is 1.51. The van der Waals surface area contributed by atoms with Gasteiger partial charge < -0.3 is 14.5 Å². The average molecular weight is 211 g/mol. The second-order valence-corrected chi connectivity index (χ2v) is 3.86. The smallest absolute Gasteiger partial charge is 0.129 e. The zero-order valence-electron chi connectivity index (χ0n) is 9.88. The molecule has 1 atom stereocenters. The highest BCUT2D eigenvalue weighted by Gasteiger charge is 2.04. The molecular weight excluding hydrogens is 190 g/mol. The van der Waals surface area contributed by atoms with Crippen molar-refractivity contribution in [3.63, 3.8) is 0 Å². The Bertz CT molecular complexity index is 270. The summed E-state index contributed by atoms with van der Waals surface area (Å²) < 4.78 is 11.0. The van der Waals surface area contributed by atoms with Crippen LogP contribution in [0.4, 0.5) is 0 Å². The summed E-state index contributed by atoms with van der Waals surface area (Å²) >= 11 is 0. The number of hydrogen-bond acceptors (Lipinski definition) is 3. The fraction of sp³-hybridized carbons (Fsp3) is 0.667. The zero-order chi connectivity index (χ0) is 11.1. The number of nitrogens with one attached hydrogen (secondary N) is 1. The molecule has 1 aromatic heterocycles. The summed E-state index contributed by atoms with van der Waals surface area (Å²) in [5, 5.41) is 3.08. The Labute approximate surface area is 91.8 Å². The maximum absolute atomic E-state index is 5.65. The van der Waals surface area contributed by atoms with Crippen molar-refractivity contribution in [2.24, 2.45) is 0 Å². The van der Waals surface area contributed by atoms with Crippen LogP contribution in [-0.2, 0) is 17.9 Å². The lowest BCUT2D eigenvalue weighted by Crippen LogP contribution is -2.07. The maximum atomic E-state index is 5.65. The number of ether oxygens (including phenoxy) is 1. The molecule has 1 aromatic rings. The van der Waals surface area contributed by atoms with Gasteiger partial charge >= 0.3 is 0 Å². The lowest BCUT2D eigenvalue weighted by molar-refractivity contribution is 0.0372. The molecule has 0 aliphatic heterocycles. The Kier molecular flexibility index (Phi) is 5.43. The van der Waals surface area contributed by atoms with Gasteiger partial charge in [-0.2, -0.15) is 0 Å². The van der Waals surface area contributed by atoms with Gasteiger partial charge in [0.1, 0.15) is 12.4 Å². The number of furan rings is 1. The summed E-state index contributed by atoms with van der Waals surface area (Å²) in [6, 6.07) is 2.04. The van der Waals surface area contributed by atoms with Gasteiger partial charge in [0, 0.05) is 12.1 Å². The van der Waals surface area contributed by atoms with Crippen LogP contribution >= 0.6 is 0 Å². The molecular formula is C12H21NO2. The molecule has 1 heterocycles. The third kappa shape index (κ3) is 4.49. The highest BCUT2D eigenvalue weighted by atomic mass is 16.5. The summed E-state index contributed by atoms with van der Waals surface area (Å²) in [6.07, 6.45) is 4.35. The largest absolute Gasteiger partial charge is 0.467 e. The van der Waals surface area contributed by atoms with E-state index in [2.05, 4.69) is 19.2 Å². The standard InChI is InChI=1S/C12H21NO2/c1-4-5-10(2)14-9-12-6-11(7-13-3)8-15-12/h6,8,10,13H,4-5,7,9H2,1-3H3. The predicted octanol–water partition coefficient (Wildman–Crippen LogP) is 2.70. The third-order valence-corrected chi connectivity index (χ3v) is 2.29. The van der Waals surface area contributed by atoms with E-state index in [0.717, 1.165) is 25.1 Å². The first kappa shape index (κ1) is 12.3. The summed E-state index contributed by atoms with van der Waals surface area (Å²) in [6.45, 7) is 5.68. The van der Waals surface area contributed by atoms with Gasteiger partial charge in [0.15, 0.2) is 0 Å². The second kappa shape index (κ2) is 6.64. The molecule has 0 amide bonds. The van der Waals surface area contributed by atoms with Crippen LogP contribution < -0.4 is 5.32 Å². The quantitative estimate of drug-likeness (QED) is 0.753. The molecule has 0 radical (unpaired) electrons. The summed E-state index contributed by atoms with van der Waals surface area (Å²) in [4.78, 5) is 0. The highest BCUT2D eigenvalue weighted by Crippen LogP contribution is 2.11. The van der Waals surface area contributed by atoms with E-state index in [1.54, 1.807) is 6.26 Å². The van der Waals surface area contributed by atoms with Crippen LogP contribution in [0.25, 0.3) is 0 Å². The molecule has 0 fully saturated rings.